The minimum absolute atomic E-state index is 0.0375. The smallest absolute Gasteiger partial charge is 0.139 e. The zero-order valence-electron chi connectivity index (χ0n) is 5.33. The first-order valence-electron chi connectivity index (χ1n) is 2.79. The average Bonchev–Trinajstić information content (AvgIpc) is 1.95. The molecule has 1 aromatic carbocycles. The number of benzene rings is 1. The SMILES string of the molecule is C#Cc1cccc(O)c1N. The van der Waals surface area contributed by atoms with E-state index in [0.29, 0.717) is 5.56 Å². The Balaban J connectivity index is 3.31. The van der Waals surface area contributed by atoms with Crippen molar-refractivity contribution in [2.75, 3.05) is 5.73 Å². The maximum Gasteiger partial charge on any atom is 0.139 e. The second-order valence-corrected chi connectivity index (χ2v) is 1.88. The van der Waals surface area contributed by atoms with Gasteiger partial charge in [0.2, 0.25) is 0 Å². The third-order valence-corrected chi connectivity index (χ3v) is 1.24. The van der Waals surface area contributed by atoms with Gasteiger partial charge in [-0.3, -0.25) is 0 Å². The van der Waals surface area contributed by atoms with E-state index < -0.39 is 0 Å². The number of para-hydroxylation sites is 1. The summed E-state index contributed by atoms with van der Waals surface area (Å²) in [6, 6.07) is 4.83. The summed E-state index contributed by atoms with van der Waals surface area (Å²) in [4.78, 5) is 0. The van der Waals surface area contributed by atoms with E-state index in [-0.39, 0.29) is 11.4 Å². The standard InChI is InChI=1S/C8H7NO/c1-2-6-4-3-5-7(10)8(6)9/h1,3-5,10H,9H2. The summed E-state index contributed by atoms with van der Waals surface area (Å²) in [6.07, 6.45) is 5.08. The lowest BCUT2D eigenvalue weighted by Gasteiger charge is -1.98. The summed E-state index contributed by atoms with van der Waals surface area (Å²) in [6.45, 7) is 0. The highest BCUT2D eigenvalue weighted by Crippen LogP contribution is 2.21. The van der Waals surface area contributed by atoms with Crippen LogP contribution in [0.2, 0.25) is 0 Å². The quantitative estimate of drug-likeness (QED) is 0.314. The first-order valence-corrected chi connectivity index (χ1v) is 2.79. The van der Waals surface area contributed by atoms with Crippen molar-refractivity contribution in [1.82, 2.24) is 0 Å². The van der Waals surface area contributed by atoms with E-state index in [9.17, 15) is 0 Å². The number of terminal acetylenes is 1. The van der Waals surface area contributed by atoms with E-state index >= 15 is 0 Å². The molecule has 0 heterocycles. The van der Waals surface area contributed by atoms with Gasteiger partial charge in [-0.25, -0.2) is 0 Å². The van der Waals surface area contributed by atoms with Gasteiger partial charge in [-0.2, -0.15) is 0 Å². The molecule has 3 N–H and O–H groups in total. The molecule has 0 saturated carbocycles. The zero-order chi connectivity index (χ0) is 7.56. The fourth-order valence-electron chi connectivity index (χ4n) is 0.679. The van der Waals surface area contributed by atoms with Crippen LogP contribution in [0.15, 0.2) is 18.2 Å². The molecular formula is C8H7NO. The van der Waals surface area contributed by atoms with E-state index in [0.717, 1.165) is 0 Å². The molecule has 50 valence electrons. The lowest BCUT2D eigenvalue weighted by Crippen LogP contribution is -1.89. The maximum atomic E-state index is 9.01. The normalized spacial score (nSPS) is 8.70. The van der Waals surface area contributed by atoms with Gasteiger partial charge in [-0.15, -0.1) is 6.42 Å². The van der Waals surface area contributed by atoms with Crippen LogP contribution in [0.5, 0.6) is 5.75 Å². The number of phenols is 1. The van der Waals surface area contributed by atoms with Gasteiger partial charge in [0.15, 0.2) is 0 Å². The van der Waals surface area contributed by atoms with Gasteiger partial charge in [0, 0.05) is 0 Å². The Labute approximate surface area is 59.3 Å². The van der Waals surface area contributed by atoms with E-state index in [4.69, 9.17) is 17.3 Å². The van der Waals surface area contributed by atoms with Crippen molar-refractivity contribution in [3.63, 3.8) is 0 Å². The number of rotatable bonds is 0. The largest absolute Gasteiger partial charge is 0.506 e. The maximum absolute atomic E-state index is 9.01. The van der Waals surface area contributed by atoms with Crippen molar-refractivity contribution in [3.8, 4) is 18.1 Å². The van der Waals surface area contributed by atoms with Gasteiger partial charge in [0.25, 0.3) is 0 Å². The van der Waals surface area contributed by atoms with Crippen molar-refractivity contribution in [2.24, 2.45) is 0 Å². The van der Waals surface area contributed by atoms with E-state index in [1.807, 2.05) is 0 Å². The zero-order valence-corrected chi connectivity index (χ0v) is 5.33. The fourth-order valence-corrected chi connectivity index (χ4v) is 0.679. The van der Waals surface area contributed by atoms with E-state index in [1.54, 1.807) is 12.1 Å². The lowest BCUT2D eigenvalue weighted by atomic mass is 10.2. The first kappa shape index (κ1) is 6.50. The van der Waals surface area contributed by atoms with Crippen LogP contribution in [-0.2, 0) is 0 Å². The highest BCUT2D eigenvalue weighted by molar-refractivity contribution is 5.63. The predicted molar refractivity (Wildman–Crippen MR) is 40.5 cm³/mol. The van der Waals surface area contributed by atoms with E-state index in [1.165, 1.54) is 6.07 Å². The van der Waals surface area contributed by atoms with Crippen molar-refractivity contribution < 1.29 is 5.11 Å². The van der Waals surface area contributed by atoms with Crippen LogP contribution < -0.4 is 5.73 Å². The topological polar surface area (TPSA) is 46.2 Å². The third-order valence-electron chi connectivity index (χ3n) is 1.24. The Hall–Kier alpha value is -1.62. The number of hydrogen-bond donors (Lipinski definition) is 2. The van der Waals surface area contributed by atoms with Crippen molar-refractivity contribution in [1.29, 1.82) is 0 Å². The van der Waals surface area contributed by atoms with Gasteiger partial charge < -0.3 is 10.8 Å². The molecule has 0 aliphatic carbocycles. The van der Waals surface area contributed by atoms with Crippen molar-refractivity contribution in [2.45, 2.75) is 0 Å². The van der Waals surface area contributed by atoms with Crippen LogP contribution in [0, 0.1) is 12.3 Å². The van der Waals surface area contributed by atoms with Crippen LogP contribution in [0.25, 0.3) is 0 Å². The summed E-state index contributed by atoms with van der Waals surface area (Å²) in [5, 5.41) is 9.01. The molecule has 0 unspecified atom stereocenters. The Morgan fingerprint density at radius 3 is 2.70 bits per heavy atom. The fraction of sp³-hybridized carbons (Fsp3) is 0. The number of nitrogens with two attached hydrogens (primary N) is 1. The monoisotopic (exact) mass is 133 g/mol. The molecule has 0 saturated heterocycles. The van der Waals surface area contributed by atoms with Gasteiger partial charge in [0.05, 0.1) is 11.3 Å². The van der Waals surface area contributed by atoms with Gasteiger partial charge in [-0.05, 0) is 12.1 Å². The van der Waals surface area contributed by atoms with E-state index in [2.05, 4.69) is 5.92 Å². The first-order chi connectivity index (χ1) is 4.75. The summed E-state index contributed by atoms with van der Waals surface area (Å²) >= 11 is 0. The molecule has 0 spiro atoms. The van der Waals surface area contributed by atoms with Gasteiger partial charge in [-0.1, -0.05) is 12.0 Å². The van der Waals surface area contributed by atoms with Crippen LogP contribution in [-0.4, -0.2) is 5.11 Å². The van der Waals surface area contributed by atoms with Crippen molar-refractivity contribution >= 4 is 5.69 Å². The number of aromatic hydroxyl groups is 1. The minimum Gasteiger partial charge on any atom is -0.506 e. The highest BCUT2D eigenvalue weighted by atomic mass is 16.3. The number of hydrogen-bond acceptors (Lipinski definition) is 2. The molecule has 0 aromatic heterocycles. The molecule has 10 heavy (non-hydrogen) atoms. The Bertz CT molecular complexity index is 286. The number of nitrogen functional groups attached to an aromatic ring is 1. The summed E-state index contributed by atoms with van der Waals surface area (Å²) in [5.41, 5.74) is 6.20. The molecule has 0 fully saturated rings. The van der Waals surface area contributed by atoms with Crippen LogP contribution in [0.1, 0.15) is 5.56 Å². The summed E-state index contributed by atoms with van der Waals surface area (Å²) in [5.74, 6) is 2.39. The van der Waals surface area contributed by atoms with Gasteiger partial charge in [0.1, 0.15) is 5.75 Å². The second-order valence-electron chi connectivity index (χ2n) is 1.88. The summed E-state index contributed by atoms with van der Waals surface area (Å²) < 4.78 is 0. The molecule has 0 atom stereocenters. The minimum atomic E-state index is 0.0375. The molecule has 0 amide bonds. The highest BCUT2D eigenvalue weighted by Gasteiger charge is 1.98. The molecule has 1 aromatic rings. The molecule has 2 nitrogen and oxygen atoms in total. The van der Waals surface area contributed by atoms with Crippen LogP contribution >= 0.6 is 0 Å². The molecule has 0 aliphatic heterocycles. The Morgan fingerprint density at radius 1 is 1.50 bits per heavy atom. The van der Waals surface area contributed by atoms with Crippen molar-refractivity contribution in [3.05, 3.63) is 23.8 Å². The molecular weight excluding hydrogens is 126 g/mol. The number of phenolic OH excluding ortho intramolecular Hbond substituents is 1. The molecule has 2 heteroatoms. The number of anilines is 1. The Kier molecular flexibility index (Phi) is 1.51. The Morgan fingerprint density at radius 2 is 2.20 bits per heavy atom. The van der Waals surface area contributed by atoms with Crippen LogP contribution in [0.3, 0.4) is 0 Å². The average molecular weight is 133 g/mol. The molecule has 1 rings (SSSR count). The summed E-state index contributed by atoms with van der Waals surface area (Å²) in [7, 11) is 0. The predicted octanol–water partition coefficient (Wildman–Crippen LogP) is 0.956. The second kappa shape index (κ2) is 2.32. The van der Waals surface area contributed by atoms with Crippen LogP contribution in [0.4, 0.5) is 5.69 Å². The molecule has 0 aliphatic rings. The molecule has 0 radical (unpaired) electrons. The van der Waals surface area contributed by atoms with Gasteiger partial charge >= 0.3 is 0 Å². The lowest BCUT2D eigenvalue weighted by molar-refractivity contribution is 0.478. The molecule has 0 bridgehead atoms. The third kappa shape index (κ3) is 0.893.